The van der Waals surface area contributed by atoms with Crippen molar-refractivity contribution in [3.8, 4) is 22.8 Å². The maximum Gasteiger partial charge on any atom is 0.243 e. The molecule has 1 aromatic heterocycles. The number of nitrogens with zero attached hydrogens (tertiary/aromatic N) is 2. The third kappa shape index (κ3) is 4.86. The molecule has 36 heavy (non-hydrogen) atoms. The summed E-state index contributed by atoms with van der Waals surface area (Å²) in [7, 11) is -3.73. The number of hydrogen-bond acceptors (Lipinski definition) is 8. The molecule has 0 radical (unpaired) electrons. The molecule has 2 aliphatic rings. The molecule has 1 amide bonds. The first-order valence-corrected chi connectivity index (χ1v) is 13.9. The normalized spacial score (nSPS) is 16.5. The second-order valence-corrected chi connectivity index (χ2v) is 11.5. The van der Waals surface area contributed by atoms with Crippen LogP contribution in [0.15, 0.2) is 53.4 Å². The van der Waals surface area contributed by atoms with E-state index >= 15 is 0 Å². The van der Waals surface area contributed by atoms with E-state index in [0.717, 1.165) is 16.9 Å². The molecule has 2 aliphatic heterocycles. The number of hydrogen-bond donors (Lipinski definition) is 1. The molecule has 1 N–H and O–H groups in total. The summed E-state index contributed by atoms with van der Waals surface area (Å²) in [4.78, 5) is 30.2. The van der Waals surface area contributed by atoms with Crippen LogP contribution in [0.3, 0.4) is 0 Å². The van der Waals surface area contributed by atoms with E-state index in [4.69, 9.17) is 9.47 Å². The Hall–Kier alpha value is -3.28. The van der Waals surface area contributed by atoms with Crippen molar-refractivity contribution in [2.75, 3.05) is 31.6 Å². The molecule has 188 valence electrons. The monoisotopic (exact) mass is 527 g/mol. The van der Waals surface area contributed by atoms with E-state index in [1.54, 1.807) is 6.07 Å². The second-order valence-electron chi connectivity index (χ2n) is 8.59. The van der Waals surface area contributed by atoms with Crippen LogP contribution in [0.4, 0.5) is 5.13 Å². The Balaban J connectivity index is 1.24. The van der Waals surface area contributed by atoms with Crippen molar-refractivity contribution in [1.82, 2.24) is 9.29 Å². The van der Waals surface area contributed by atoms with Gasteiger partial charge in [-0.3, -0.25) is 9.59 Å². The quantitative estimate of drug-likeness (QED) is 0.485. The van der Waals surface area contributed by atoms with Gasteiger partial charge < -0.3 is 14.8 Å². The third-order valence-corrected chi connectivity index (χ3v) is 9.17. The highest BCUT2D eigenvalue weighted by atomic mass is 32.2. The highest BCUT2D eigenvalue weighted by molar-refractivity contribution is 7.89. The Morgan fingerprint density at radius 3 is 2.42 bits per heavy atom. The molecule has 1 fully saturated rings. The lowest BCUT2D eigenvalue weighted by Crippen LogP contribution is -2.41. The maximum absolute atomic E-state index is 13.2. The smallest absolute Gasteiger partial charge is 0.243 e. The van der Waals surface area contributed by atoms with E-state index in [9.17, 15) is 18.0 Å². The largest absolute Gasteiger partial charge is 0.486 e. The summed E-state index contributed by atoms with van der Waals surface area (Å²) in [6.07, 6.45) is 0.762. The lowest BCUT2D eigenvalue weighted by atomic mass is 9.97. The number of thiazole rings is 1. The van der Waals surface area contributed by atoms with Gasteiger partial charge in [-0.2, -0.15) is 4.31 Å². The van der Waals surface area contributed by atoms with Crippen LogP contribution in [0, 0.1) is 5.92 Å². The Labute approximate surface area is 213 Å². The summed E-state index contributed by atoms with van der Waals surface area (Å²) in [6, 6.07) is 14.0. The summed E-state index contributed by atoms with van der Waals surface area (Å²) in [5.41, 5.74) is 1.35. The average Bonchev–Trinajstić information content (AvgIpc) is 3.33. The van der Waals surface area contributed by atoms with Gasteiger partial charge in [-0.15, -0.1) is 0 Å². The minimum Gasteiger partial charge on any atom is -0.486 e. The number of piperidine rings is 1. The van der Waals surface area contributed by atoms with E-state index < -0.39 is 10.0 Å². The molecule has 1 saturated heterocycles. The van der Waals surface area contributed by atoms with Crippen molar-refractivity contribution < 1.29 is 27.5 Å². The molecule has 3 heterocycles. The zero-order valence-electron chi connectivity index (χ0n) is 19.6. The number of aromatic nitrogens is 1. The fourth-order valence-corrected chi connectivity index (χ4v) is 6.67. The zero-order valence-corrected chi connectivity index (χ0v) is 21.2. The van der Waals surface area contributed by atoms with Crippen molar-refractivity contribution in [1.29, 1.82) is 0 Å². The fourth-order valence-electron chi connectivity index (χ4n) is 4.30. The van der Waals surface area contributed by atoms with Crippen LogP contribution in [-0.4, -0.2) is 55.7 Å². The number of benzene rings is 2. The minimum atomic E-state index is -3.73. The van der Waals surface area contributed by atoms with Gasteiger partial charge in [-0.1, -0.05) is 41.7 Å². The van der Waals surface area contributed by atoms with Crippen molar-refractivity contribution in [3.05, 3.63) is 53.4 Å². The van der Waals surface area contributed by atoms with Crippen LogP contribution < -0.4 is 14.8 Å². The van der Waals surface area contributed by atoms with Gasteiger partial charge in [0.25, 0.3) is 0 Å². The zero-order chi connectivity index (χ0) is 25.3. The Bertz CT molecular complexity index is 1400. The maximum atomic E-state index is 13.2. The van der Waals surface area contributed by atoms with Crippen molar-refractivity contribution in [2.45, 2.75) is 24.7 Å². The summed E-state index contributed by atoms with van der Waals surface area (Å²) < 4.78 is 38.7. The minimum absolute atomic E-state index is 0.121. The molecule has 0 bridgehead atoms. The molecule has 2 aromatic carbocycles. The number of amides is 1. The number of ether oxygens (including phenoxy) is 2. The summed E-state index contributed by atoms with van der Waals surface area (Å²) in [6.45, 7) is 2.72. The number of fused-ring (bicyclic) bond motifs is 1. The number of sulfonamides is 1. The summed E-state index contributed by atoms with van der Waals surface area (Å²) >= 11 is 1.15. The number of ketones is 1. The van der Waals surface area contributed by atoms with Crippen LogP contribution in [0.25, 0.3) is 11.3 Å². The number of carbonyl (C=O) groups is 2. The molecular formula is C25H25N3O6S2. The van der Waals surface area contributed by atoms with Crippen molar-refractivity contribution >= 4 is 38.2 Å². The predicted molar refractivity (Wildman–Crippen MR) is 135 cm³/mol. The first-order chi connectivity index (χ1) is 17.3. The molecule has 9 nitrogen and oxygen atoms in total. The van der Waals surface area contributed by atoms with Crippen LogP contribution in [0.1, 0.15) is 29.4 Å². The first-order valence-electron chi connectivity index (χ1n) is 11.6. The van der Waals surface area contributed by atoms with Gasteiger partial charge in [0, 0.05) is 37.6 Å². The topological polar surface area (TPSA) is 115 Å². The van der Waals surface area contributed by atoms with Crippen LogP contribution in [0.2, 0.25) is 0 Å². The van der Waals surface area contributed by atoms with Crippen LogP contribution >= 0.6 is 11.3 Å². The van der Waals surface area contributed by atoms with Gasteiger partial charge in [0.05, 0.1) is 15.5 Å². The lowest BCUT2D eigenvalue weighted by Gasteiger charge is -2.30. The van der Waals surface area contributed by atoms with Gasteiger partial charge >= 0.3 is 0 Å². The highest BCUT2D eigenvalue weighted by Gasteiger charge is 2.33. The van der Waals surface area contributed by atoms with Gasteiger partial charge in [0.2, 0.25) is 15.9 Å². The Kier molecular flexibility index (Phi) is 6.78. The predicted octanol–water partition coefficient (Wildman–Crippen LogP) is 3.82. The first kappa shape index (κ1) is 24.4. The van der Waals surface area contributed by atoms with Gasteiger partial charge in [-0.05, 0) is 25.0 Å². The molecule has 11 heteroatoms. The number of nitrogens with one attached hydrogen (secondary N) is 1. The number of Topliss-reactive ketones (excluding diaryl/α,β-unsaturated/α-hetero) is 1. The number of anilines is 1. The summed E-state index contributed by atoms with van der Waals surface area (Å²) in [5.74, 6) is 0.238. The molecule has 0 unspecified atom stereocenters. The molecule has 0 aliphatic carbocycles. The molecular weight excluding hydrogens is 502 g/mol. The lowest BCUT2D eigenvalue weighted by molar-refractivity contribution is -0.120. The van der Waals surface area contributed by atoms with E-state index in [-0.39, 0.29) is 35.6 Å². The van der Waals surface area contributed by atoms with E-state index in [1.807, 2.05) is 30.3 Å². The van der Waals surface area contributed by atoms with Crippen molar-refractivity contribution in [3.63, 3.8) is 0 Å². The van der Waals surface area contributed by atoms with Gasteiger partial charge in [0.1, 0.15) is 13.2 Å². The Morgan fingerprint density at radius 2 is 1.72 bits per heavy atom. The molecule has 0 atom stereocenters. The highest BCUT2D eigenvalue weighted by Crippen LogP contribution is 2.35. The van der Waals surface area contributed by atoms with Crippen LogP contribution in [-0.2, 0) is 14.8 Å². The van der Waals surface area contributed by atoms with Gasteiger partial charge in [0.15, 0.2) is 22.4 Å². The van der Waals surface area contributed by atoms with Crippen molar-refractivity contribution in [2.24, 2.45) is 5.92 Å². The van der Waals surface area contributed by atoms with E-state index in [0.29, 0.717) is 53.3 Å². The third-order valence-electron chi connectivity index (χ3n) is 6.20. The standard InChI is InChI=1S/C25H25N3O6S2/c1-16(29)23-22(17-5-3-2-4-6-17)26-25(35-23)27-24(30)18-9-11-28(12-10-18)36(31,32)19-7-8-20-21(15-19)34-14-13-33-20/h2-8,15,18H,9-14H2,1H3,(H,26,27,30). The second kappa shape index (κ2) is 10.00. The fraction of sp³-hybridized carbons (Fsp3) is 0.320. The van der Waals surface area contributed by atoms with E-state index in [2.05, 4.69) is 10.3 Å². The molecule has 0 saturated carbocycles. The van der Waals surface area contributed by atoms with Gasteiger partial charge in [-0.25, -0.2) is 13.4 Å². The summed E-state index contributed by atoms with van der Waals surface area (Å²) in [5, 5.41) is 3.19. The van der Waals surface area contributed by atoms with E-state index in [1.165, 1.54) is 23.4 Å². The molecule has 3 aromatic rings. The Morgan fingerprint density at radius 1 is 1.03 bits per heavy atom. The van der Waals surface area contributed by atoms with Crippen LogP contribution in [0.5, 0.6) is 11.5 Å². The SMILES string of the molecule is CC(=O)c1sc(NC(=O)C2CCN(S(=O)(=O)c3ccc4c(c3)OCCO4)CC2)nc1-c1ccccc1. The number of rotatable bonds is 6. The average molecular weight is 528 g/mol. The number of carbonyl (C=O) groups excluding carboxylic acids is 2. The molecule has 0 spiro atoms. The molecule has 5 rings (SSSR count).